The fraction of sp³-hybridized carbons (Fsp3) is 0.483. The van der Waals surface area contributed by atoms with Crippen molar-refractivity contribution in [2.24, 2.45) is 0 Å². The van der Waals surface area contributed by atoms with Gasteiger partial charge in [0.25, 0.3) is 11.8 Å². The van der Waals surface area contributed by atoms with Gasteiger partial charge in [-0.1, -0.05) is 24.3 Å². The van der Waals surface area contributed by atoms with Crippen LogP contribution in [0.3, 0.4) is 0 Å². The van der Waals surface area contributed by atoms with Crippen molar-refractivity contribution in [1.82, 2.24) is 15.1 Å². The highest BCUT2D eigenvalue weighted by Crippen LogP contribution is 2.28. The van der Waals surface area contributed by atoms with E-state index >= 15 is 0 Å². The van der Waals surface area contributed by atoms with Crippen LogP contribution in [-0.2, 0) is 22.4 Å². The first kappa shape index (κ1) is 27.6. The fourth-order valence-electron chi connectivity index (χ4n) is 4.79. The maximum Gasteiger partial charge on any atom is 0.410 e. The van der Waals surface area contributed by atoms with Gasteiger partial charge in [-0.25, -0.2) is 4.79 Å². The molecule has 2 heterocycles. The number of carbonyl (C=O) groups excluding carboxylic acids is 3. The quantitative estimate of drug-likeness (QED) is 0.624. The maximum atomic E-state index is 13.1. The summed E-state index contributed by atoms with van der Waals surface area (Å²) in [6.45, 7) is 9.56. The van der Waals surface area contributed by atoms with Crippen LogP contribution >= 0.6 is 0 Å². The van der Waals surface area contributed by atoms with Gasteiger partial charge in [0.2, 0.25) is 0 Å². The van der Waals surface area contributed by atoms with Crippen molar-refractivity contribution in [3.8, 4) is 0 Å². The van der Waals surface area contributed by atoms with Crippen molar-refractivity contribution in [3.05, 3.63) is 70.8 Å². The number of ether oxygens (including phenoxy) is 2. The molecule has 0 aliphatic carbocycles. The first-order chi connectivity index (χ1) is 18.0. The zero-order valence-corrected chi connectivity index (χ0v) is 22.5. The molecule has 38 heavy (non-hydrogen) atoms. The summed E-state index contributed by atoms with van der Waals surface area (Å²) >= 11 is 0. The van der Waals surface area contributed by atoms with Gasteiger partial charge in [0.1, 0.15) is 5.60 Å². The van der Waals surface area contributed by atoms with Crippen molar-refractivity contribution in [1.29, 1.82) is 0 Å². The number of morpholine rings is 1. The zero-order valence-electron chi connectivity index (χ0n) is 22.5. The van der Waals surface area contributed by atoms with Crippen LogP contribution in [0, 0.1) is 0 Å². The zero-order chi connectivity index (χ0) is 27.4. The molecular formula is C29H37N3O6. The second-order valence-corrected chi connectivity index (χ2v) is 10.9. The number of benzene rings is 2. The molecule has 0 bridgehead atoms. The summed E-state index contributed by atoms with van der Waals surface area (Å²) in [6.07, 6.45) is -1.10. The molecule has 0 saturated carbocycles. The highest BCUT2D eigenvalue weighted by atomic mass is 16.6. The maximum absolute atomic E-state index is 13.1. The van der Waals surface area contributed by atoms with Crippen LogP contribution in [0.2, 0.25) is 0 Å². The number of aliphatic hydroxyl groups is 1. The molecule has 2 aliphatic rings. The SMILES string of the molecule is CC(NC(=O)c1ccc(C(=O)N2CCOCC2)cc1)[C@H](O)[C@@H]1Cc2ccccc2CN1C(=O)OC(C)(C)C. The minimum absolute atomic E-state index is 0.0936. The normalized spacial score (nSPS) is 19.2. The number of rotatable bonds is 5. The molecule has 9 heteroatoms. The van der Waals surface area contributed by atoms with Gasteiger partial charge in [-0.3, -0.25) is 14.5 Å². The van der Waals surface area contributed by atoms with Crippen molar-refractivity contribution in [2.75, 3.05) is 26.3 Å². The molecule has 1 fully saturated rings. The molecule has 9 nitrogen and oxygen atoms in total. The van der Waals surface area contributed by atoms with E-state index in [-0.39, 0.29) is 11.8 Å². The lowest BCUT2D eigenvalue weighted by atomic mass is 9.89. The molecular weight excluding hydrogens is 486 g/mol. The lowest BCUT2D eigenvalue weighted by Gasteiger charge is -2.41. The van der Waals surface area contributed by atoms with Gasteiger partial charge >= 0.3 is 6.09 Å². The van der Waals surface area contributed by atoms with E-state index in [9.17, 15) is 19.5 Å². The van der Waals surface area contributed by atoms with Gasteiger partial charge in [-0.2, -0.15) is 0 Å². The van der Waals surface area contributed by atoms with E-state index < -0.39 is 29.9 Å². The Morgan fingerprint density at radius 3 is 2.24 bits per heavy atom. The van der Waals surface area contributed by atoms with Gasteiger partial charge in [0.15, 0.2) is 0 Å². The monoisotopic (exact) mass is 523 g/mol. The van der Waals surface area contributed by atoms with Gasteiger partial charge in [0, 0.05) is 30.8 Å². The third-order valence-corrected chi connectivity index (χ3v) is 6.87. The van der Waals surface area contributed by atoms with Crippen molar-refractivity contribution in [2.45, 2.75) is 64.4 Å². The molecule has 0 radical (unpaired) electrons. The van der Waals surface area contributed by atoms with Crippen molar-refractivity contribution in [3.63, 3.8) is 0 Å². The summed E-state index contributed by atoms with van der Waals surface area (Å²) < 4.78 is 10.9. The molecule has 2 N–H and O–H groups in total. The Morgan fingerprint density at radius 1 is 1.00 bits per heavy atom. The number of nitrogens with one attached hydrogen (secondary N) is 1. The highest BCUT2D eigenvalue weighted by Gasteiger charge is 2.39. The van der Waals surface area contributed by atoms with Crippen LogP contribution < -0.4 is 5.32 Å². The van der Waals surface area contributed by atoms with Gasteiger partial charge < -0.3 is 24.8 Å². The van der Waals surface area contributed by atoms with Crippen molar-refractivity contribution < 1.29 is 29.0 Å². The van der Waals surface area contributed by atoms with E-state index in [1.54, 1.807) is 61.8 Å². The summed E-state index contributed by atoms with van der Waals surface area (Å²) in [5.41, 5.74) is 2.25. The van der Waals surface area contributed by atoms with Crippen LogP contribution in [0.25, 0.3) is 0 Å². The lowest BCUT2D eigenvalue weighted by molar-refractivity contribution is -0.0181. The van der Waals surface area contributed by atoms with Gasteiger partial charge in [-0.05, 0) is 69.5 Å². The average molecular weight is 524 g/mol. The van der Waals surface area contributed by atoms with Crippen LogP contribution in [0.15, 0.2) is 48.5 Å². The molecule has 1 unspecified atom stereocenters. The van der Waals surface area contributed by atoms with Gasteiger partial charge in [0.05, 0.1) is 31.4 Å². The Labute approximate surface area is 223 Å². The average Bonchev–Trinajstić information content (AvgIpc) is 2.91. The lowest BCUT2D eigenvalue weighted by Crippen LogP contribution is -2.57. The molecule has 2 aromatic carbocycles. The molecule has 2 aliphatic heterocycles. The molecule has 0 aromatic heterocycles. The number of carbonyl (C=O) groups is 3. The van der Waals surface area contributed by atoms with Gasteiger partial charge in [-0.15, -0.1) is 0 Å². The Morgan fingerprint density at radius 2 is 1.61 bits per heavy atom. The summed E-state index contributed by atoms with van der Waals surface area (Å²) in [7, 11) is 0. The Kier molecular flexibility index (Phi) is 8.38. The first-order valence-corrected chi connectivity index (χ1v) is 13.1. The standard InChI is InChI=1S/C29H37N3O6/c1-19(30-26(34)20-9-11-21(12-10-20)27(35)31-13-15-37-16-14-31)25(33)24-17-22-7-5-6-8-23(22)18-32(24)28(36)38-29(2,3)4/h5-12,19,24-25,33H,13-18H2,1-4H3,(H,30,34)/t19?,24-,25-/m0/s1. The minimum Gasteiger partial charge on any atom is -0.444 e. The number of fused-ring (bicyclic) bond motifs is 1. The molecule has 204 valence electrons. The number of nitrogens with zero attached hydrogens (tertiary/aromatic N) is 2. The van der Waals surface area contributed by atoms with Crippen LogP contribution in [0.1, 0.15) is 59.5 Å². The third-order valence-electron chi connectivity index (χ3n) is 6.87. The predicted molar refractivity (Wildman–Crippen MR) is 142 cm³/mol. The number of hydrogen-bond acceptors (Lipinski definition) is 6. The van der Waals surface area contributed by atoms with E-state index in [1.807, 2.05) is 24.3 Å². The summed E-state index contributed by atoms with van der Waals surface area (Å²) in [5, 5.41) is 14.2. The van der Waals surface area contributed by atoms with E-state index in [0.29, 0.717) is 50.4 Å². The molecule has 0 spiro atoms. The largest absolute Gasteiger partial charge is 0.444 e. The smallest absolute Gasteiger partial charge is 0.410 e. The third kappa shape index (κ3) is 6.52. The number of amides is 3. The molecule has 3 amide bonds. The van der Waals surface area contributed by atoms with Crippen LogP contribution in [0.5, 0.6) is 0 Å². The predicted octanol–water partition coefficient (Wildman–Crippen LogP) is 3.00. The Balaban J connectivity index is 1.44. The summed E-state index contributed by atoms with van der Waals surface area (Å²) in [5.74, 6) is -0.467. The minimum atomic E-state index is -1.04. The van der Waals surface area contributed by atoms with Crippen LogP contribution in [0.4, 0.5) is 4.79 Å². The second kappa shape index (κ2) is 11.5. The fourth-order valence-corrected chi connectivity index (χ4v) is 4.79. The van der Waals surface area contributed by atoms with E-state index in [2.05, 4.69) is 5.32 Å². The molecule has 3 atom stereocenters. The summed E-state index contributed by atoms with van der Waals surface area (Å²) in [4.78, 5) is 42.0. The topological polar surface area (TPSA) is 108 Å². The number of hydrogen-bond donors (Lipinski definition) is 2. The highest BCUT2D eigenvalue weighted by molar-refractivity contribution is 5.98. The first-order valence-electron chi connectivity index (χ1n) is 13.1. The van der Waals surface area contributed by atoms with E-state index in [4.69, 9.17) is 9.47 Å². The molecule has 4 rings (SSSR count). The summed E-state index contributed by atoms with van der Waals surface area (Å²) in [6, 6.07) is 13.1. The molecule has 1 saturated heterocycles. The second-order valence-electron chi connectivity index (χ2n) is 10.9. The number of aliphatic hydroxyl groups excluding tert-OH is 1. The molecule has 2 aromatic rings. The Bertz CT molecular complexity index is 1150. The van der Waals surface area contributed by atoms with E-state index in [0.717, 1.165) is 11.1 Å². The van der Waals surface area contributed by atoms with E-state index in [1.165, 1.54) is 0 Å². The van der Waals surface area contributed by atoms with Crippen molar-refractivity contribution >= 4 is 17.9 Å². The van der Waals surface area contributed by atoms with Crippen LogP contribution in [-0.4, -0.2) is 82.9 Å². The Hall–Kier alpha value is -3.43.